The molecule has 1 aromatic carbocycles. The van der Waals surface area contributed by atoms with Crippen molar-refractivity contribution in [3.05, 3.63) is 35.9 Å². The van der Waals surface area contributed by atoms with Crippen molar-refractivity contribution in [3.63, 3.8) is 0 Å². The van der Waals surface area contributed by atoms with Gasteiger partial charge in [0.25, 0.3) is 0 Å². The zero-order valence-electron chi connectivity index (χ0n) is 12.2. The quantitative estimate of drug-likeness (QED) is 0.859. The highest BCUT2D eigenvalue weighted by Gasteiger charge is 2.25. The number of nitrogens with one attached hydrogen (secondary N) is 1. The van der Waals surface area contributed by atoms with Gasteiger partial charge in [0.2, 0.25) is 5.91 Å². The topological polar surface area (TPSA) is 41.6 Å². The average Bonchev–Trinajstić information content (AvgIpc) is 2.52. The molecule has 0 aromatic heterocycles. The second kappa shape index (κ2) is 8.02. The molecule has 1 aromatic rings. The molecule has 1 atom stereocenters. The summed E-state index contributed by atoms with van der Waals surface area (Å²) in [5.74, 6) is 0.363. The number of rotatable bonds is 6. The lowest BCUT2D eigenvalue weighted by Gasteiger charge is -2.29. The molecule has 20 heavy (non-hydrogen) atoms. The Labute approximate surface area is 121 Å². The van der Waals surface area contributed by atoms with Crippen LogP contribution < -0.4 is 5.32 Å². The van der Waals surface area contributed by atoms with Crippen LogP contribution >= 0.6 is 0 Å². The van der Waals surface area contributed by atoms with Crippen molar-refractivity contribution < 1.29 is 9.53 Å². The number of piperidine rings is 1. The molecule has 1 heterocycles. The van der Waals surface area contributed by atoms with Crippen molar-refractivity contribution in [1.82, 2.24) is 10.2 Å². The zero-order valence-corrected chi connectivity index (χ0v) is 12.2. The van der Waals surface area contributed by atoms with Crippen molar-refractivity contribution in [3.8, 4) is 0 Å². The Morgan fingerprint density at radius 2 is 2.20 bits per heavy atom. The van der Waals surface area contributed by atoms with Crippen LogP contribution in [-0.2, 0) is 16.1 Å². The van der Waals surface area contributed by atoms with Gasteiger partial charge in [-0.3, -0.25) is 4.79 Å². The summed E-state index contributed by atoms with van der Waals surface area (Å²) in [7, 11) is 1.67. The minimum absolute atomic E-state index is 0.115. The van der Waals surface area contributed by atoms with Gasteiger partial charge in [0.1, 0.15) is 0 Å². The molecule has 1 unspecified atom stereocenters. The highest BCUT2D eigenvalue weighted by Crippen LogP contribution is 2.15. The first-order chi connectivity index (χ1) is 9.81. The van der Waals surface area contributed by atoms with E-state index in [1.165, 1.54) is 5.56 Å². The minimum atomic E-state index is 0.115. The Morgan fingerprint density at radius 3 is 2.85 bits per heavy atom. The Balaban J connectivity index is 2.00. The number of carbonyl (C=O) groups excluding carboxylic acids is 1. The summed E-state index contributed by atoms with van der Waals surface area (Å²) in [5, 5.41) is 3.31. The fraction of sp³-hybridized carbons (Fsp3) is 0.562. The van der Waals surface area contributed by atoms with Crippen LogP contribution in [0.3, 0.4) is 0 Å². The van der Waals surface area contributed by atoms with Gasteiger partial charge in [-0.05, 0) is 24.9 Å². The van der Waals surface area contributed by atoms with Crippen molar-refractivity contribution in [2.75, 3.05) is 33.4 Å². The number of hydrogen-bond acceptors (Lipinski definition) is 3. The maximum atomic E-state index is 12.6. The smallest absolute Gasteiger partial charge is 0.227 e. The van der Waals surface area contributed by atoms with E-state index >= 15 is 0 Å². The van der Waals surface area contributed by atoms with E-state index in [-0.39, 0.29) is 11.8 Å². The van der Waals surface area contributed by atoms with Crippen molar-refractivity contribution in [2.45, 2.75) is 19.4 Å². The van der Waals surface area contributed by atoms with Gasteiger partial charge in [-0.15, -0.1) is 0 Å². The van der Waals surface area contributed by atoms with E-state index in [0.717, 1.165) is 25.9 Å². The lowest BCUT2D eigenvalue weighted by Crippen LogP contribution is -2.43. The Morgan fingerprint density at radius 1 is 1.40 bits per heavy atom. The van der Waals surface area contributed by atoms with Crippen LogP contribution in [0.1, 0.15) is 18.4 Å². The van der Waals surface area contributed by atoms with Crippen molar-refractivity contribution in [1.29, 1.82) is 0 Å². The lowest BCUT2D eigenvalue weighted by atomic mass is 9.98. The Kier molecular flexibility index (Phi) is 6.02. The maximum Gasteiger partial charge on any atom is 0.227 e. The molecule has 1 N–H and O–H groups in total. The second-order valence-corrected chi connectivity index (χ2v) is 5.28. The molecule has 1 aliphatic heterocycles. The van der Waals surface area contributed by atoms with Gasteiger partial charge in [0.05, 0.1) is 12.5 Å². The molecule has 4 nitrogen and oxygen atoms in total. The third-order valence-corrected chi connectivity index (χ3v) is 3.74. The van der Waals surface area contributed by atoms with E-state index in [4.69, 9.17) is 4.74 Å². The van der Waals surface area contributed by atoms with Gasteiger partial charge in [0, 0.05) is 26.7 Å². The Bertz CT molecular complexity index is 402. The number of carbonyl (C=O) groups is 1. The summed E-state index contributed by atoms with van der Waals surface area (Å²) in [6.07, 6.45) is 2.07. The third-order valence-electron chi connectivity index (χ3n) is 3.74. The third kappa shape index (κ3) is 4.32. The van der Waals surface area contributed by atoms with Crippen LogP contribution in [0.4, 0.5) is 0 Å². The summed E-state index contributed by atoms with van der Waals surface area (Å²) in [4.78, 5) is 14.6. The van der Waals surface area contributed by atoms with Crippen LogP contribution in [0.5, 0.6) is 0 Å². The van der Waals surface area contributed by atoms with E-state index in [0.29, 0.717) is 19.7 Å². The van der Waals surface area contributed by atoms with Crippen LogP contribution in [0, 0.1) is 5.92 Å². The average molecular weight is 276 g/mol. The van der Waals surface area contributed by atoms with Gasteiger partial charge in [-0.1, -0.05) is 30.3 Å². The molecule has 1 amide bonds. The predicted octanol–water partition coefficient (Wildman–Crippen LogP) is 1.66. The molecular weight excluding hydrogens is 252 g/mol. The van der Waals surface area contributed by atoms with E-state index in [9.17, 15) is 4.79 Å². The first-order valence-corrected chi connectivity index (χ1v) is 7.33. The van der Waals surface area contributed by atoms with Gasteiger partial charge in [-0.25, -0.2) is 0 Å². The molecule has 0 bridgehead atoms. The number of hydrogen-bond donors (Lipinski definition) is 1. The molecule has 0 aliphatic carbocycles. The largest absolute Gasteiger partial charge is 0.383 e. The molecule has 0 spiro atoms. The molecule has 2 rings (SSSR count). The minimum Gasteiger partial charge on any atom is -0.383 e. The molecule has 1 aliphatic rings. The van der Waals surface area contributed by atoms with Gasteiger partial charge < -0.3 is 15.0 Å². The van der Waals surface area contributed by atoms with E-state index in [1.807, 2.05) is 23.1 Å². The standard InChI is InChI=1S/C16H24N2O2/c1-20-11-10-18(13-14-6-3-2-4-7-14)16(19)15-8-5-9-17-12-15/h2-4,6-7,15,17H,5,8-13H2,1H3. The van der Waals surface area contributed by atoms with Gasteiger partial charge in [-0.2, -0.15) is 0 Å². The molecule has 1 saturated heterocycles. The number of nitrogens with zero attached hydrogens (tertiary/aromatic N) is 1. The van der Waals surface area contributed by atoms with E-state index < -0.39 is 0 Å². The van der Waals surface area contributed by atoms with Gasteiger partial charge in [0.15, 0.2) is 0 Å². The Hall–Kier alpha value is -1.39. The molecule has 1 fully saturated rings. The van der Waals surface area contributed by atoms with Gasteiger partial charge >= 0.3 is 0 Å². The lowest BCUT2D eigenvalue weighted by molar-refractivity contribution is -0.137. The molecule has 110 valence electrons. The van der Waals surface area contributed by atoms with E-state index in [2.05, 4.69) is 17.4 Å². The highest BCUT2D eigenvalue weighted by atomic mass is 16.5. The van der Waals surface area contributed by atoms with Crippen LogP contribution in [0.15, 0.2) is 30.3 Å². The summed E-state index contributed by atoms with van der Waals surface area (Å²) in [6, 6.07) is 10.1. The zero-order chi connectivity index (χ0) is 14.2. The fourth-order valence-electron chi connectivity index (χ4n) is 2.59. The first kappa shape index (κ1) is 15.0. The second-order valence-electron chi connectivity index (χ2n) is 5.28. The normalized spacial score (nSPS) is 18.8. The summed E-state index contributed by atoms with van der Waals surface area (Å²) in [5.41, 5.74) is 1.17. The fourth-order valence-corrected chi connectivity index (χ4v) is 2.59. The van der Waals surface area contributed by atoms with Crippen LogP contribution in [-0.4, -0.2) is 44.2 Å². The number of ether oxygens (including phenoxy) is 1. The molecule has 0 radical (unpaired) electrons. The predicted molar refractivity (Wildman–Crippen MR) is 79.3 cm³/mol. The van der Waals surface area contributed by atoms with Crippen molar-refractivity contribution >= 4 is 5.91 Å². The molecule has 4 heteroatoms. The highest BCUT2D eigenvalue weighted by molar-refractivity contribution is 5.79. The van der Waals surface area contributed by atoms with E-state index in [1.54, 1.807) is 7.11 Å². The van der Waals surface area contributed by atoms with Crippen LogP contribution in [0.2, 0.25) is 0 Å². The SMILES string of the molecule is COCCN(Cc1ccccc1)C(=O)C1CCCNC1. The number of benzene rings is 1. The van der Waals surface area contributed by atoms with Crippen LogP contribution in [0.25, 0.3) is 0 Å². The summed E-state index contributed by atoms with van der Waals surface area (Å²) < 4.78 is 5.14. The molecule has 0 saturated carbocycles. The number of amides is 1. The summed E-state index contributed by atoms with van der Waals surface area (Å²) >= 11 is 0. The maximum absolute atomic E-state index is 12.6. The summed E-state index contributed by atoms with van der Waals surface area (Å²) in [6.45, 7) is 3.73. The number of methoxy groups -OCH3 is 1. The van der Waals surface area contributed by atoms with Crippen molar-refractivity contribution in [2.24, 2.45) is 5.92 Å². The molecular formula is C16H24N2O2. The first-order valence-electron chi connectivity index (χ1n) is 7.33. The monoisotopic (exact) mass is 276 g/mol.